The first-order valence-corrected chi connectivity index (χ1v) is 10.9. The number of hydrogen-bond donors (Lipinski definition) is 0. The van der Waals surface area contributed by atoms with Crippen molar-refractivity contribution < 1.29 is 0 Å². The van der Waals surface area contributed by atoms with E-state index >= 15 is 0 Å². The van der Waals surface area contributed by atoms with Gasteiger partial charge in [-0.3, -0.25) is 0 Å². The molecule has 3 heterocycles. The van der Waals surface area contributed by atoms with Crippen LogP contribution in [-0.2, 0) is 0 Å². The Kier molecular flexibility index (Phi) is 4.74. The minimum atomic E-state index is 0.705. The van der Waals surface area contributed by atoms with E-state index in [2.05, 4.69) is 54.6 Å². The number of rotatable bonds is 4. The third kappa shape index (κ3) is 3.79. The standard InChI is InChI=1S/C29H20N4/c1-3-9-21(10-4-1)25-19-26(22-11-5-2-6-12-22)32-29(31-25)24-16-14-23(15-17-24)27-20-33-18-8-7-13-28(33)30-27/h1-20H. The summed E-state index contributed by atoms with van der Waals surface area (Å²) in [5.41, 5.74) is 7.86. The Morgan fingerprint density at radius 1 is 0.455 bits per heavy atom. The lowest BCUT2D eigenvalue weighted by atomic mass is 10.1. The zero-order valence-corrected chi connectivity index (χ0v) is 17.8. The highest BCUT2D eigenvalue weighted by Crippen LogP contribution is 2.28. The van der Waals surface area contributed by atoms with Crippen LogP contribution in [-0.4, -0.2) is 19.4 Å². The van der Waals surface area contributed by atoms with Gasteiger partial charge in [0.1, 0.15) is 5.65 Å². The van der Waals surface area contributed by atoms with Crippen molar-refractivity contribution >= 4 is 5.65 Å². The van der Waals surface area contributed by atoms with Gasteiger partial charge in [-0.25, -0.2) is 15.0 Å². The zero-order chi connectivity index (χ0) is 22.0. The molecule has 0 N–H and O–H groups in total. The van der Waals surface area contributed by atoms with Crippen LogP contribution < -0.4 is 0 Å². The summed E-state index contributed by atoms with van der Waals surface area (Å²) in [4.78, 5) is 14.5. The Morgan fingerprint density at radius 2 is 1.00 bits per heavy atom. The van der Waals surface area contributed by atoms with Crippen LogP contribution in [0.25, 0.3) is 50.8 Å². The fourth-order valence-electron chi connectivity index (χ4n) is 3.95. The van der Waals surface area contributed by atoms with E-state index in [0.717, 1.165) is 45.0 Å². The van der Waals surface area contributed by atoms with Crippen LogP contribution in [0.3, 0.4) is 0 Å². The maximum atomic E-state index is 4.91. The van der Waals surface area contributed by atoms with Crippen LogP contribution >= 0.6 is 0 Å². The second-order valence-corrected chi connectivity index (χ2v) is 7.86. The summed E-state index contributed by atoms with van der Waals surface area (Å²) >= 11 is 0. The minimum Gasteiger partial charge on any atom is -0.306 e. The smallest absolute Gasteiger partial charge is 0.160 e. The third-order valence-corrected chi connectivity index (χ3v) is 5.67. The molecule has 0 spiro atoms. The molecule has 0 bridgehead atoms. The molecule has 156 valence electrons. The molecule has 0 unspecified atom stereocenters. The monoisotopic (exact) mass is 424 g/mol. The van der Waals surface area contributed by atoms with Gasteiger partial charge in [-0.15, -0.1) is 0 Å². The molecule has 0 saturated carbocycles. The maximum absolute atomic E-state index is 4.91. The first-order valence-electron chi connectivity index (χ1n) is 10.9. The second kappa shape index (κ2) is 8.17. The van der Waals surface area contributed by atoms with E-state index in [0.29, 0.717) is 5.82 Å². The van der Waals surface area contributed by atoms with Crippen LogP contribution in [0.15, 0.2) is 122 Å². The van der Waals surface area contributed by atoms with Crippen molar-refractivity contribution in [2.75, 3.05) is 0 Å². The topological polar surface area (TPSA) is 43.1 Å². The summed E-state index contributed by atoms with van der Waals surface area (Å²) < 4.78 is 2.03. The van der Waals surface area contributed by atoms with Gasteiger partial charge in [-0.1, -0.05) is 91.0 Å². The second-order valence-electron chi connectivity index (χ2n) is 7.86. The predicted molar refractivity (Wildman–Crippen MR) is 133 cm³/mol. The van der Waals surface area contributed by atoms with E-state index in [1.54, 1.807) is 0 Å². The Bertz CT molecular complexity index is 1450. The Balaban J connectivity index is 1.43. The van der Waals surface area contributed by atoms with Crippen molar-refractivity contribution in [1.29, 1.82) is 0 Å². The number of imidazole rings is 1. The molecule has 33 heavy (non-hydrogen) atoms. The summed E-state index contributed by atoms with van der Waals surface area (Å²) in [7, 11) is 0. The molecule has 6 rings (SSSR count). The molecular formula is C29H20N4. The van der Waals surface area contributed by atoms with Crippen molar-refractivity contribution in [3.63, 3.8) is 0 Å². The maximum Gasteiger partial charge on any atom is 0.160 e. The van der Waals surface area contributed by atoms with Gasteiger partial charge in [-0.05, 0) is 18.2 Å². The highest BCUT2D eigenvalue weighted by atomic mass is 15.0. The molecule has 0 saturated heterocycles. The van der Waals surface area contributed by atoms with Gasteiger partial charge in [0.2, 0.25) is 0 Å². The van der Waals surface area contributed by atoms with Gasteiger partial charge in [0.15, 0.2) is 5.82 Å². The summed E-state index contributed by atoms with van der Waals surface area (Å²) in [6, 6.07) is 36.8. The number of fused-ring (bicyclic) bond motifs is 1. The van der Waals surface area contributed by atoms with E-state index in [1.807, 2.05) is 71.4 Å². The Morgan fingerprint density at radius 3 is 1.61 bits per heavy atom. The molecule has 4 heteroatoms. The van der Waals surface area contributed by atoms with E-state index < -0.39 is 0 Å². The lowest BCUT2D eigenvalue weighted by molar-refractivity contribution is 1.18. The molecule has 0 aliphatic carbocycles. The minimum absolute atomic E-state index is 0.705. The normalized spacial score (nSPS) is 11.0. The first-order chi connectivity index (χ1) is 16.3. The number of nitrogens with zero attached hydrogens (tertiary/aromatic N) is 4. The molecule has 0 aliphatic heterocycles. The lowest BCUT2D eigenvalue weighted by Gasteiger charge is -2.09. The van der Waals surface area contributed by atoms with Crippen molar-refractivity contribution in [2.24, 2.45) is 0 Å². The molecule has 0 aliphatic rings. The van der Waals surface area contributed by atoms with E-state index in [9.17, 15) is 0 Å². The Hall–Kier alpha value is -4.57. The van der Waals surface area contributed by atoms with Gasteiger partial charge in [0.25, 0.3) is 0 Å². The summed E-state index contributed by atoms with van der Waals surface area (Å²) in [5.74, 6) is 0.705. The van der Waals surface area contributed by atoms with Gasteiger partial charge in [0, 0.05) is 34.6 Å². The SMILES string of the molecule is c1ccc(-c2cc(-c3ccccc3)nc(-c3ccc(-c4cn5ccccc5n4)cc3)n2)cc1. The van der Waals surface area contributed by atoms with Crippen LogP contribution in [0.1, 0.15) is 0 Å². The average molecular weight is 425 g/mol. The lowest BCUT2D eigenvalue weighted by Crippen LogP contribution is -1.95. The Labute approximate surface area is 191 Å². The molecule has 0 fully saturated rings. The van der Waals surface area contributed by atoms with Gasteiger partial charge >= 0.3 is 0 Å². The van der Waals surface area contributed by atoms with Crippen molar-refractivity contribution in [3.8, 4) is 45.2 Å². The average Bonchev–Trinajstić information content (AvgIpc) is 3.34. The van der Waals surface area contributed by atoms with E-state index in [1.165, 1.54) is 0 Å². The van der Waals surface area contributed by atoms with Crippen LogP contribution in [0.2, 0.25) is 0 Å². The number of hydrogen-bond acceptors (Lipinski definition) is 3. The van der Waals surface area contributed by atoms with Crippen LogP contribution in [0.5, 0.6) is 0 Å². The molecule has 6 aromatic rings. The first kappa shape index (κ1) is 19.1. The summed E-state index contributed by atoms with van der Waals surface area (Å²) in [5, 5.41) is 0. The predicted octanol–water partition coefficient (Wildman–Crippen LogP) is 6.79. The number of aromatic nitrogens is 4. The molecule has 0 radical (unpaired) electrons. The van der Waals surface area contributed by atoms with Crippen molar-refractivity contribution in [3.05, 3.63) is 122 Å². The highest BCUT2D eigenvalue weighted by Gasteiger charge is 2.11. The molecular weight excluding hydrogens is 404 g/mol. The molecule has 4 nitrogen and oxygen atoms in total. The highest BCUT2D eigenvalue weighted by molar-refractivity contribution is 5.73. The molecule has 0 amide bonds. The van der Waals surface area contributed by atoms with E-state index in [-0.39, 0.29) is 0 Å². The fourth-order valence-corrected chi connectivity index (χ4v) is 3.95. The zero-order valence-electron chi connectivity index (χ0n) is 17.8. The quantitative estimate of drug-likeness (QED) is 0.313. The summed E-state index contributed by atoms with van der Waals surface area (Å²) in [6.07, 6.45) is 4.05. The van der Waals surface area contributed by atoms with Gasteiger partial charge in [0.05, 0.1) is 17.1 Å². The van der Waals surface area contributed by atoms with Crippen molar-refractivity contribution in [2.45, 2.75) is 0 Å². The fraction of sp³-hybridized carbons (Fsp3) is 0. The van der Waals surface area contributed by atoms with Gasteiger partial charge in [-0.2, -0.15) is 0 Å². The van der Waals surface area contributed by atoms with Crippen LogP contribution in [0, 0.1) is 0 Å². The third-order valence-electron chi connectivity index (χ3n) is 5.67. The summed E-state index contributed by atoms with van der Waals surface area (Å²) in [6.45, 7) is 0. The largest absolute Gasteiger partial charge is 0.306 e. The number of benzene rings is 3. The molecule has 3 aromatic heterocycles. The number of pyridine rings is 1. The van der Waals surface area contributed by atoms with Crippen LogP contribution in [0.4, 0.5) is 0 Å². The molecule has 3 aromatic carbocycles. The van der Waals surface area contributed by atoms with Gasteiger partial charge < -0.3 is 4.40 Å². The van der Waals surface area contributed by atoms with Crippen molar-refractivity contribution in [1.82, 2.24) is 19.4 Å². The molecule has 0 atom stereocenters. The van der Waals surface area contributed by atoms with E-state index in [4.69, 9.17) is 15.0 Å².